The van der Waals surface area contributed by atoms with E-state index in [2.05, 4.69) is 5.32 Å². The molecule has 1 aromatic carbocycles. The number of unbranched alkanes of at least 4 members (excludes halogenated alkanes) is 1. The Labute approximate surface area is 163 Å². The number of ether oxygens (including phenoxy) is 1. The van der Waals surface area contributed by atoms with Gasteiger partial charge >= 0.3 is 11.6 Å². The molecule has 0 aliphatic heterocycles. The lowest BCUT2D eigenvalue weighted by molar-refractivity contribution is -0.143. The first-order valence-corrected chi connectivity index (χ1v) is 9.40. The maximum Gasteiger partial charge on any atom is 0.339 e. The molecule has 0 bridgehead atoms. The molecular weight excluding hydrogens is 362 g/mol. The van der Waals surface area contributed by atoms with Crippen molar-refractivity contribution in [1.29, 1.82) is 0 Å². The van der Waals surface area contributed by atoms with Crippen LogP contribution in [-0.2, 0) is 9.59 Å². The summed E-state index contributed by atoms with van der Waals surface area (Å²) in [4.78, 5) is 35.7. The van der Waals surface area contributed by atoms with E-state index in [1.807, 2.05) is 13.8 Å². The van der Waals surface area contributed by atoms with Crippen molar-refractivity contribution in [3.63, 3.8) is 0 Å². The van der Waals surface area contributed by atoms with Crippen LogP contribution in [-0.4, -0.2) is 29.1 Å². The van der Waals surface area contributed by atoms with Crippen LogP contribution in [0, 0.1) is 20.8 Å². The van der Waals surface area contributed by atoms with Crippen molar-refractivity contribution in [2.75, 3.05) is 0 Å². The summed E-state index contributed by atoms with van der Waals surface area (Å²) in [6, 6.07) is 2.56. The first kappa shape index (κ1) is 21.5. The first-order chi connectivity index (χ1) is 13.2. The molecule has 1 aromatic heterocycles. The van der Waals surface area contributed by atoms with Crippen LogP contribution in [0.1, 0.15) is 49.8 Å². The Balaban J connectivity index is 2.22. The third-order valence-corrected chi connectivity index (χ3v) is 4.96. The van der Waals surface area contributed by atoms with Crippen molar-refractivity contribution in [3.05, 3.63) is 39.2 Å². The lowest BCUT2D eigenvalue weighted by atomic mass is 10.0. The molecule has 0 spiro atoms. The number of rotatable bonds is 8. The van der Waals surface area contributed by atoms with Crippen LogP contribution in [0.3, 0.4) is 0 Å². The van der Waals surface area contributed by atoms with E-state index in [9.17, 15) is 19.5 Å². The van der Waals surface area contributed by atoms with Gasteiger partial charge in [-0.15, -0.1) is 0 Å². The van der Waals surface area contributed by atoms with Crippen LogP contribution in [0.2, 0.25) is 0 Å². The van der Waals surface area contributed by atoms with Crippen LogP contribution in [0.5, 0.6) is 5.75 Å². The van der Waals surface area contributed by atoms with Crippen LogP contribution in [0.15, 0.2) is 21.3 Å². The summed E-state index contributed by atoms with van der Waals surface area (Å²) in [7, 11) is 0. The number of carboxylic acids is 1. The minimum atomic E-state index is -1.07. The number of hydrogen-bond acceptors (Lipinski definition) is 5. The fourth-order valence-electron chi connectivity index (χ4n) is 2.95. The van der Waals surface area contributed by atoms with Crippen molar-refractivity contribution < 1.29 is 23.8 Å². The van der Waals surface area contributed by atoms with Crippen molar-refractivity contribution >= 4 is 22.8 Å². The summed E-state index contributed by atoms with van der Waals surface area (Å²) in [6.45, 7) is 8.82. The van der Waals surface area contributed by atoms with Gasteiger partial charge in [-0.2, -0.15) is 0 Å². The second-order valence-electron chi connectivity index (χ2n) is 7.01. The number of fused-ring (bicyclic) bond motifs is 1. The number of nitrogens with one attached hydrogen (secondary N) is 1. The zero-order valence-electron chi connectivity index (χ0n) is 16.9. The second kappa shape index (κ2) is 8.91. The van der Waals surface area contributed by atoms with Gasteiger partial charge in [0.1, 0.15) is 17.4 Å². The fourth-order valence-corrected chi connectivity index (χ4v) is 2.95. The highest BCUT2D eigenvalue weighted by atomic mass is 16.5. The highest BCUT2D eigenvalue weighted by Gasteiger charge is 2.24. The molecule has 7 nitrogen and oxygen atoms in total. The fraction of sp³-hybridized carbons (Fsp3) is 0.476. The summed E-state index contributed by atoms with van der Waals surface area (Å²) in [5.41, 5.74) is 2.02. The third-order valence-electron chi connectivity index (χ3n) is 4.96. The monoisotopic (exact) mass is 389 g/mol. The third kappa shape index (κ3) is 4.52. The molecule has 1 heterocycles. The number of carboxylic acid groups (broad SMARTS) is 1. The molecule has 2 atom stereocenters. The largest absolute Gasteiger partial charge is 0.480 e. The maximum atomic E-state index is 12.4. The number of carbonyl (C=O) groups excluding carboxylic acids is 1. The summed E-state index contributed by atoms with van der Waals surface area (Å²) >= 11 is 0. The standard InChI is InChI=1S/C21H27NO6/c1-6-7-8-16(20(24)25)22-19(23)14(5)27-17-10-9-15-11(2)12(3)21(26)28-18(15)13(17)4/h9-10,14,16H,6-8H2,1-5H3,(H,22,23)(H,24,25)/t14-,16-/m0/s1. The molecule has 7 heteroatoms. The number of aliphatic carboxylic acids is 1. The van der Waals surface area contributed by atoms with E-state index in [-0.39, 0.29) is 0 Å². The molecule has 152 valence electrons. The molecule has 2 rings (SSSR count). The SMILES string of the molecule is CCCC[C@H](NC(=O)[C@H](C)Oc1ccc2c(C)c(C)c(=O)oc2c1C)C(=O)O. The van der Waals surface area contributed by atoms with Crippen LogP contribution >= 0.6 is 0 Å². The topological polar surface area (TPSA) is 106 Å². The normalized spacial score (nSPS) is 13.2. The van der Waals surface area contributed by atoms with E-state index in [1.54, 1.807) is 32.9 Å². The summed E-state index contributed by atoms with van der Waals surface area (Å²) in [5.74, 6) is -1.17. The van der Waals surface area contributed by atoms with E-state index in [1.165, 1.54) is 0 Å². The maximum absolute atomic E-state index is 12.4. The van der Waals surface area contributed by atoms with Crippen molar-refractivity contribution in [3.8, 4) is 5.75 Å². The Kier molecular flexibility index (Phi) is 6.83. The van der Waals surface area contributed by atoms with Gasteiger partial charge in [-0.25, -0.2) is 9.59 Å². The highest BCUT2D eigenvalue weighted by Crippen LogP contribution is 2.29. The Morgan fingerprint density at radius 1 is 1.18 bits per heavy atom. The summed E-state index contributed by atoms with van der Waals surface area (Å²) in [6.07, 6.45) is 1.00. The predicted molar refractivity (Wildman–Crippen MR) is 106 cm³/mol. The Bertz CT molecular complexity index is 946. The van der Waals surface area contributed by atoms with Crippen LogP contribution in [0.25, 0.3) is 11.0 Å². The smallest absolute Gasteiger partial charge is 0.339 e. The van der Waals surface area contributed by atoms with Crippen molar-refractivity contribution in [2.24, 2.45) is 0 Å². The van der Waals surface area contributed by atoms with Crippen LogP contribution in [0.4, 0.5) is 0 Å². The number of benzene rings is 1. The zero-order valence-corrected chi connectivity index (χ0v) is 16.9. The van der Waals surface area contributed by atoms with Gasteiger partial charge in [0.25, 0.3) is 5.91 Å². The van der Waals surface area contributed by atoms with Crippen LogP contribution < -0.4 is 15.7 Å². The second-order valence-corrected chi connectivity index (χ2v) is 7.01. The average molecular weight is 389 g/mol. The summed E-state index contributed by atoms with van der Waals surface area (Å²) < 4.78 is 11.2. The molecule has 0 fully saturated rings. The van der Waals surface area contributed by atoms with E-state index >= 15 is 0 Å². The van der Waals surface area contributed by atoms with Crippen molar-refractivity contribution in [1.82, 2.24) is 5.32 Å². The van der Waals surface area contributed by atoms with Gasteiger partial charge in [0.15, 0.2) is 6.10 Å². The first-order valence-electron chi connectivity index (χ1n) is 9.40. The van der Waals surface area contributed by atoms with E-state index in [4.69, 9.17) is 9.15 Å². The van der Waals surface area contributed by atoms with Crippen molar-refractivity contribution in [2.45, 2.75) is 66.0 Å². The molecule has 2 aromatic rings. The molecular formula is C21H27NO6. The van der Waals surface area contributed by atoms with Gasteiger partial charge < -0.3 is 19.6 Å². The minimum Gasteiger partial charge on any atom is -0.480 e. The Morgan fingerprint density at radius 2 is 1.86 bits per heavy atom. The van der Waals surface area contributed by atoms with E-state index in [0.29, 0.717) is 35.3 Å². The molecule has 0 saturated heterocycles. The molecule has 0 unspecified atom stereocenters. The lowest BCUT2D eigenvalue weighted by Gasteiger charge is -2.20. The van der Waals surface area contributed by atoms with Gasteiger partial charge in [-0.05, 0) is 51.8 Å². The Morgan fingerprint density at radius 3 is 2.46 bits per heavy atom. The summed E-state index contributed by atoms with van der Waals surface area (Å²) in [5, 5.41) is 12.6. The number of amides is 1. The molecule has 0 radical (unpaired) electrons. The molecule has 0 aliphatic rings. The van der Waals surface area contributed by atoms with Gasteiger partial charge in [-0.1, -0.05) is 19.8 Å². The quantitative estimate of drug-likeness (QED) is 0.672. The van der Waals surface area contributed by atoms with Gasteiger partial charge in [-0.3, -0.25) is 4.79 Å². The highest BCUT2D eigenvalue weighted by molar-refractivity contribution is 5.87. The predicted octanol–water partition coefficient (Wildman–Crippen LogP) is 3.25. The minimum absolute atomic E-state index is 0.364. The zero-order chi connectivity index (χ0) is 21.0. The Hall–Kier alpha value is -2.83. The number of aryl methyl sites for hydroxylation is 2. The lowest BCUT2D eigenvalue weighted by Crippen LogP contribution is -2.46. The van der Waals surface area contributed by atoms with Gasteiger partial charge in [0, 0.05) is 16.5 Å². The molecule has 28 heavy (non-hydrogen) atoms. The van der Waals surface area contributed by atoms with E-state index in [0.717, 1.165) is 17.4 Å². The molecule has 2 N–H and O–H groups in total. The van der Waals surface area contributed by atoms with Gasteiger partial charge in [0.05, 0.1) is 0 Å². The molecule has 1 amide bonds. The average Bonchev–Trinajstić information content (AvgIpc) is 2.65. The number of hydrogen-bond donors (Lipinski definition) is 2. The van der Waals surface area contributed by atoms with Gasteiger partial charge in [0.2, 0.25) is 0 Å². The molecule has 0 saturated carbocycles. The van der Waals surface area contributed by atoms with E-state index < -0.39 is 29.6 Å². The molecule has 0 aliphatic carbocycles. The number of carbonyl (C=O) groups is 2.